The highest BCUT2D eigenvalue weighted by Crippen LogP contribution is 2.36. The summed E-state index contributed by atoms with van der Waals surface area (Å²) in [6.07, 6.45) is 0.402. The number of aliphatic hydroxyl groups excluding tert-OH is 1. The van der Waals surface area contributed by atoms with Crippen molar-refractivity contribution in [2.75, 3.05) is 32.5 Å². The van der Waals surface area contributed by atoms with Gasteiger partial charge in [0.2, 0.25) is 11.8 Å². The highest BCUT2D eigenvalue weighted by molar-refractivity contribution is 6.01. The minimum absolute atomic E-state index is 0.124. The topological polar surface area (TPSA) is 148 Å². The number of fused-ring (bicyclic) bond motifs is 1. The number of aliphatic hydroxyl groups is 1. The van der Waals surface area contributed by atoms with Crippen molar-refractivity contribution in [1.29, 1.82) is 0 Å². The lowest BCUT2D eigenvalue weighted by Gasteiger charge is -2.26. The van der Waals surface area contributed by atoms with Crippen molar-refractivity contribution in [3.63, 3.8) is 0 Å². The van der Waals surface area contributed by atoms with Crippen molar-refractivity contribution in [3.8, 4) is 17.1 Å². The van der Waals surface area contributed by atoms with Gasteiger partial charge in [-0.2, -0.15) is 0 Å². The van der Waals surface area contributed by atoms with E-state index < -0.39 is 18.0 Å². The molecule has 1 saturated heterocycles. The lowest BCUT2D eigenvalue weighted by Crippen LogP contribution is -2.37. The Hall–Kier alpha value is -4.16. The maximum absolute atomic E-state index is 14.4. The predicted octanol–water partition coefficient (Wildman–Crippen LogP) is 1.74. The summed E-state index contributed by atoms with van der Waals surface area (Å²) in [6, 6.07) is 9.23. The van der Waals surface area contributed by atoms with Crippen LogP contribution in [0, 0.1) is 12.7 Å². The molecule has 4 heterocycles. The number of pyridine rings is 1. The van der Waals surface area contributed by atoms with Crippen LogP contribution in [-0.4, -0.2) is 69.6 Å². The van der Waals surface area contributed by atoms with Crippen LogP contribution in [0.5, 0.6) is 5.88 Å². The molecule has 5 rings (SSSR count). The lowest BCUT2D eigenvalue weighted by molar-refractivity contribution is -0.136. The van der Waals surface area contributed by atoms with Gasteiger partial charge in [0.25, 0.3) is 5.91 Å². The summed E-state index contributed by atoms with van der Waals surface area (Å²) in [4.78, 5) is 37.6. The van der Waals surface area contributed by atoms with Gasteiger partial charge < -0.3 is 20.5 Å². The number of ether oxygens (including phenoxy) is 1. The van der Waals surface area contributed by atoms with Crippen LogP contribution >= 0.6 is 0 Å². The molecular weight excluding hydrogens is 493 g/mol. The number of β-amino-alcohol motifs (C(OH)–C–C–N with tert-alkyl or cyclic N) is 1. The number of aliphatic imine (C=N–C) groups is 1. The van der Waals surface area contributed by atoms with Crippen LogP contribution in [0.15, 0.2) is 41.4 Å². The van der Waals surface area contributed by atoms with Gasteiger partial charge in [0.1, 0.15) is 5.82 Å². The molecule has 2 aromatic heterocycles. The number of hydrogen-bond donors (Lipinski definition) is 3. The number of rotatable bonds is 6. The van der Waals surface area contributed by atoms with Crippen LogP contribution in [0.3, 0.4) is 0 Å². The van der Waals surface area contributed by atoms with Crippen LogP contribution in [-0.2, 0) is 16.1 Å². The number of carbonyl (C=O) groups excluding carboxylic acids is 1. The van der Waals surface area contributed by atoms with Crippen molar-refractivity contribution in [1.82, 2.24) is 25.3 Å². The molecule has 0 spiro atoms. The first kappa shape index (κ1) is 25.5. The number of hydroxylamine groups is 1. The number of anilines is 1. The average molecular weight is 522 g/mol. The third-order valence-corrected chi connectivity index (χ3v) is 6.55. The van der Waals surface area contributed by atoms with Gasteiger partial charge in [-0.3, -0.25) is 14.6 Å². The number of halogens is 1. The van der Waals surface area contributed by atoms with E-state index in [-0.39, 0.29) is 25.0 Å². The zero-order chi connectivity index (χ0) is 26.8. The number of aryl methyl sites for hydroxylation is 1. The zero-order valence-corrected chi connectivity index (χ0v) is 21.0. The predicted molar refractivity (Wildman–Crippen MR) is 137 cm³/mol. The third-order valence-electron chi connectivity index (χ3n) is 6.55. The van der Waals surface area contributed by atoms with E-state index in [0.717, 1.165) is 0 Å². The van der Waals surface area contributed by atoms with E-state index in [0.29, 0.717) is 64.9 Å². The minimum atomic E-state index is -0.517. The molecule has 0 saturated carbocycles. The van der Waals surface area contributed by atoms with Gasteiger partial charge in [-0.25, -0.2) is 24.8 Å². The van der Waals surface area contributed by atoms with Gasteiger partial charge in [-0.1, -0.05) is 12.1 Å². The number of nitrogen functional groups attached to an aromatic ring is 1. The summed E-state index contributed by atoms with van der Waals surface area (Å²) in [5.74, 6) is 0.188. The first-order chi connectivity index (χ1) is 18.3. The van der Waals surface area contributed by atoms with E-state index in [9.17, 15) is 14.3 Å². The number of benzene rings is 1. The van der Waals surface area contributed by atoms with Crippen molar-refractivity contribution in [2.24, 2.45) is 4.99 Å². The second-order valence-corrected chi connectivity index (χ2v) is 9.16. The van der Waals surface area contributed by atoms with Gasteiger partial charge >= 0.3 is 0 Å². The van der Waals surface area contributed by atoms with Crippen molar-refractivity contribution in [2.45, 2.75) is 31.9 Å². The molecule has 2 aliphatic heterocycles. The average Bonchev–Trinajstić information content (AvgIpc) is 3.34. The molecule has 4 N–H and O–H groups in total. The first-order valence-electron chi connectivity index (χ1n) is 12.2. The molecule has 1 aromatic carbocycles. The molecule has 12 heteroatoms. The van der Waals surface area contributed by atoms with Crippen LogP contribution < -0.4 is 16.0 Å². The Balaban J connectivity index is 1.47. The molecule has 2 aliphatic rings. The molecule has 0 radical (unpaired) electrons. The number of nitrogens with two attached hydrogens (primary N) is 1. The number of nitrogens with zero attached hydrogens (tertiary/aromatic N) is 5. The van der Waals surface area contributed by atoms with E-state index in [1.54, 1.807) is 36.1 Å². The number of carbonyl (C=O) groups is 1. The molecular formula is C26H28FN7O4. The minimum Gasteiger partial charge on any atom is -0.481 e. The highest BCUT2D eigenvalue weighted by Gasteiger charge is 2.29. The number of likely N-dealkylation sites (tertiary alicyclic amines) is 1. The van der Waals surface area contributed by atoms with Gasteiger partial charge in [0.15, 0.2) is 12.4 Å². The largest absolute Gasteiger partial charge is 0.481 e. The second kappa shape index (κ2) is 10.7. The maximum atomic E-state index is 14.4. The number of aromatic nitrogens is 3. The van der Waals surface area contributed by atoms with Crippen molar-refractivity contribution in [3.05, 3.63) is 64.7 Å². The van der Waals surface area contributed by atoms with Crippen LogP contribution in [0.1, 0.15) is 35.0 Å². The number of nitrogens with one attached hydrogen (secondary N) is 1. The van der Waals surface area contributed by atoms with Crippen molar-refractivity contribution < 1.29 is 23.9 Å². The van der Waals surface area contributed by atoms with E-state index in [4.69, 9.17) is 20.3 Å². The second-order valence-electron chi connectivity index (χ2n) is 9.16. The van der Waals surface area contributed by atoms with E-state index >= 15 is 0 Å². The molecule has 0 aliphatic carbocycles. The Bertz CT molecular complexity index is 1400. The normalized spacial score (nSPS) is 18.6. The van der Waals surface area contributed by atoms with E-state index in [1.165, 1.54) is 19.2 Å². The fourth-order valence-electron chi connectivity index (χ4n) is 4.76. The molecule has 38 heavy (non-hydrogen) atoms. The molecule has 1 fully saturated rings. The maximum Gasteiger partial charge on any atom is 0.251 e. The monoisotopic (exact) mass is 521 g/mol. The van der Waals surface area contributed by atoms with Gasteiger partial charge in [0.05, 0.1) is 41.9 Å². The zero-order valence-electron chi connectivity index (χ0n) is 21.0. The first-order valence-corrected chi connectivity index (χ1v) is 12.2. The number of amidine groups is 1. The Morgan fingerprint density at radius 2 is 2.11 bits per heavy atom. The Kier molecular flexibility index (Phi) is 7.16. The number of methoxy groups -OCH3 is 1. The van der Waals surface area contributed by atoms with Crippen molar-refractivity contribution >= 4 is 17.7 Å². The van der Waals surface area contributed by atoms with Crippen LogP contribution in [0.4, 0.5) is 10.3 Å². The molecule has 2 atom stereocenters. The summed E-state index contributed by atoms with van der Waals surface area (Å²) in [6.45, 7) is 2.30. The smallest absolute Gasteiger partial charge is 0.251 e. The summed E-state index contributed by atoms with van der Waals surface area (Å²) in [5, 5.41) is 9.70. The summed E-state index contributed by atoms with van der Waals surface area (Å²) in [5.41, 5.74) is 12.4. The van der Waals surface area contributed by atoms with Gasteiger partial charge in [-0.05, 0) is 37.1 Å². The number of hydrogen-bond acceptors (Lipinski definition) is 10. The Morgan fingerprint density at radius 3 is 2.87 bits per heavy atom. The van der Waals surface area contributed by atoms with Crippen LogP contribution in [0.25, 0.3) is 11.3 Å². The summed E-state index contributed by atoms with van der Waals surface area (Å²) in [7, 11) is 1.52. The highest BCUT2D eigenvalue weighted by atomic mass is 19.1. The molecule has 2 unspecified atom stereocenters. The fourth-order valence-corrected chi connectivity index (χ4v) is 4.76. The number of amides is 1. The van der Waals surface area contributed by atoms with Crippen LogP contribution in [0.2, 0.25) is 0 Å². The third kappa shape index (κ3) is 5.27. The van der Waals surface area contributed by atoms with Gasteiger partial charge in [-0.15, -0.1) is 0 Å². The summed E-state index contributed by atoms with van der Waals surface area (Å²) >= 11 is 0. The molecule has 1 amide bonds. The lowest BCUT2D eigenvalue weighted by atomic mass is 9.91. The molecule has 11 nitrogen and oxygen atoms in total. The summed E-state index contributed by atoms with van der Waals surface area (Å²) < 4.78 is 19.6. The molecule has 0 bridgehead atoms. The molecule has 198 valence electrons. The Labute approximate surface area is 218 Å². The van der Waals surface area contributed by atoms with E-state index in [1.807, 2.05) is 0 Å². The molecule has 3 aromatic rings. The SMILES string of the molecule is COc1cccc(-c2cc(F)ccc2C2Cc3nc(N)nc(C)c3C(NOCC(=O)N3CCC(O)C3)=N2)n1. The van der Waals surface area contributed by atoms with E-state index in [2.05, 4.69) is 20.4 Å². The van der Waals surface area contributed by atoms with Gasteiger partial charge in [0, 0.05) is 31.1 Å². The fraction of sp³-hybridized carbons (Fsp3) is 0.346. The standard InChI is InChI=1S/C26H28FN7O4/c1-14-24-21(32-26(28)29-14)11-20(31-25(24)33-38-13-23(36)34-9-8-16(35)12-34)17-7-6-15(27)10-18(17)19-4-3-5-22(30-19)37-2/h3-7,10,16,20,35H,8-9,11-13H2,1-2H3,(H,31,33)(H2,28,29,32). The Morgan fingerprint density at radius 1 is 1.26 bits per heavy atom. The quantitative estimate of drug-likeness (QED) is 0.413.